The van der Waals surface area contributed by atoms with Crippen molar-refractivity contribution < 1.29 is 9.53 Å². The molecular weight excluding hydrogens is 320 g/mol. The lowest BCUT2D eigenvalue weighted by Gasteiger charge is -2.18. The number of nitrogens with zero attached hydrogens (tertiary/aromatic N) is 1. The molecule has 5 heteroatoms. The second-order valence-electron chi connectivity index (χ2n) is 6.18. The molecule has 2 aromatic rings. The van der Waals surface area contributed by atoms with Gasteiger partial charge in [0, 0.05) is 20.8 Å². The molecule has 0 aromatic heterocycles. The van der Waals surface area contributed by atoms with Crippen molar-refractivity contribution in [2.75, 3.05) is 7.11 Å². The Kier molecular flexibility index (Phi) is 6.04. The first-order valence-corrected chi connectivity index (χ1v) is 8.46. The van der Waals surface area contributed by atoms with Crippen LogP contribution in [-0.2, 0) is 0 Å². The number of carbonyl (C=O) groups excluding carboxylic acids is 1. The van der Waals surface area contributed by atoms with Crippen LogP contribution in [-0.4, -0.2) is 24.0 Å². The normalized spacial score (nSPS) is 11.5. The number of hydrogen-bond acceptors (Lipinski definition) is 4. The average Bonchev–Trinajstić information content (AvgIpc) is 2.55. The molecule has 0 saturated heterocycles. The van der Waals surface area contributed by atoms with Gasteiger partial charge < -0.3 is 4.74 Å². The van der Waals surface area contributed by atoms with Gasteiger partial charge in [-0.1, -0.05) is 45.0 Å². The second kappa shape index (κ2) is 8.02. The maximum absolute atomic E-state index is 12.1. The summed E-state index contributed by atoms with van der Waals surface area (Å²) in [4.78, 5) is 13.3. The highest BCUT2D eigenvalue weighted by Gasteiger charge is 2.13. The summed E-state index contributed by atoms with van der Waals surface area (Å²) in [6.45, 7) is 6.49. The Bertz CT molecular complexity index is 736. The molecule has 0 aliphatic rings. The number of benzene rings is 2. The molecule has 1 N–H and O–H groups in total. The van der Waals surface area contributed by atoms with E-state index in [2.05, 4.69) is 37.4 Å². The maximum atomic E-state index is 12.1. The summed E-state index contributed by atoms with van der Waals surface area (Å²) in [5.74, 6) is 0.365. The van der Waals surface area contributed by atoms with Gasteiger partial charge in [-0.2, -0.15) is 5.10 Å². The summed E-state index contributed by atoms with van der Waals surface area (Å²) in [6.07, 6.45) is 1.67. The number of rotatable bonds is 5. The zero-order valence-electron chi connectivity index (χ0n) is 14.4. The molecule has 0 aliphatic heterocycles. The molecule has 0 spiro atoms. The van der Waals surface area contributed by atoms with Crippen molar-refractivity contribution in [1.82, 2.24) is 5.43 Å². The van der Waals surface area contributed by atoms with Crippen LogP contribution >= 0.6 is 11.8 Å². The lowest BCUT2D eigenvalue weighted by Crippen LogP contribution is -2.17. The number of hydrazone groups is 1. The zero-order chi connectivity index (χ0) is 17.6. The van der Waals surface area contributed by atoms with E-state index in [0.717, 1.165) is 10.5 Å². The summed E-state index contributed by atoms with van der Waals surface area (Å²) in [5.41, 5.74) is 4.03. The lowest BCUT2D eigenvalue weighted by atomic mass is 10.2. The topological polar surface area (TPSA) is 50.7 Å². The first-order valence-electron chi connectivity index (χ1n) is 7.64. The molecule has 2 rings (SSSR count). The van der Waals surface area contributed by atoms with Crippen molar-refractivity contribution in [1.29, 1.82) is 0 Å². The van der Waals surface area contributed by atoms with E-state index in [1.165, 1.54) is 0 Å². The largest absolute Gasteiger partial charge is 0.497 e. The zero-order valence-corrected chi connectivity index (χ0v) is 15.2. The fourth-order valence-corrected chi connectivity index (χ4v) is 3.04. The molecule has 0 fully saturated rings. The maximum Gasteiger partial charge on any atom is 0.271 e. The van der Waals surface area contributed by atoms with Gasteiger partial charge in [0.2, 0.25) is 0 Å². The Morgan fingerprint density at radius 1 is 1.17 bits per heavy atom. The van der Waals surface area contributed by atoms with Crippen LogP contribution < -0.4 is 10.2 Å². The van der Waals surface area contributed by atoms with Crippen LogP contribution in [0.1, 0.15) is 36.7 Å². The van der Waals surface area contributed by atoms with E-state index in [-0.39, 0.29) is 10.7 Å². The minimum atomic E-state index is -0.272. The van der Waals surface area contributed by atoms with E-state index >= 15 is 0 Å². The molecule has 0 heterocycles. The van der Waals surface area contributed by atoms with E-state index < -0.39 is 0 Å². The molecule has 24 heavy (non-hydrogen) atoms. The molecule has 0 bridgehead atoms. The van der Waals surface area contributed by atoms with Gasteiger partial charge in [-0.3, -0.25) is 4.79 Å². The van der Waals surface area contributed by atoms with E-state index in [1.807, 2.05) is 18.2 Å². The van der Waals surface area contributed by atoms with Crippen LogP contribution in [0.2, 0.25) is 0 Å². The summed E-state index contributed by atoms with van der Waals surface area (Å²) < 4.78 is 5.22. The molecule has 2 aromatic carbocycles. The van der Waals surface area contributed by atoms with Crippen LogP contribution in [0.15, 0.2) is 58.5 Å². The summed E-state index contributed by atoms with van der Waals surface area (Å²) in [6, 6.07) is 15.0. The molecule has 0 aliphatic carbocycles. The Hall–Kier alpha value is -2.27. The first kappa shape index (κ1) is 18.1. The van der Waals surface area contributed by atoms with E-state index in [1.54, 1.807) is 49.4 Å². The highest BCUT2D eigenvalue weighted by atomic mass is 32.2. The number of amides is 1. The first-order chi connectivity index (χ1) is 11.4. The molecule has 4 nitrogen and oxygen atoms in total. The summed E-state index contributed by atoms with van der Waals surface area (Å²) in [5, 5.41) is 4.09. The Balaban J connectivity index is 2.07. The Labute approximate surface area is 147 Å². The van der Waals surface area contributed by atoms with Crippen LogP contribution in [0.4, 0.5) is 0 Å². The van der Waals surface area contributed by atoms with E-state index in [4.69, 9.17) is 4.74 Å². The number of carbonyl (C=O) groups is 1. The fraction of sp³-hybridized carbons (Fsp3) is 0.263. The van der Waals surface area contributed by atoms with Gasteiger partial charge in [-0.05, 0) is 24.3 Å². The second-order valence-corrected chi connectivity index (χ2v) is 8.05. The predicted molar refractivity (Wildman–Crippen MR) is 100 cm³/mol. The molecule has 0 unspecified atom stereocenters. The summed E-state index contributed by atoms with van der Waals surface area (Å²) in [7, 11) is 1.57. The number of ether oxygens (including phenoxy) is 1. The van der Waals surface area contributed by atoms with Gasteiger partial charge in [0.15, 0.2) is 0 Å². The minimum absolute atomic E-state index is 0.105. The monoisotopic (exact) mass is 342 g/mol. The van der Waals surface area contributed by atoms with Crippen LogP contribution in [0, 0.1) is 0 Å². The molecule has 1 amide bonds. The number of methoxy groups -OCH3 is 1. The number of hydrogen-bond donors (Lipinski definition) is 1. The SMILES string of the molecule is COc1cccc(C(=O)NN=Cc2ccccc2SC(C)(C)C)c1. The van der Waals surface area contributed by atoms with Crippen LogP contribution in [0.25, 0.3) is 0 Å². The third kappa shape index (κ3) is 5.42. The summed E-state index contributed by atoms with van der Waals surface area (Å²) >= 11 is 1.77. The highest BCUT2D eigenvalue weighted by Crippen LogP contribution is 2.33. The van der Waals surface area contributed by atoms with Gasteiger partial charge in [0.05, 0.1) is 13.3 Å². The Morgan fingerprint density at radius 3 is 2.62 bits per heavy atom. The number of thioether (sulfide) groups is 1. The smallest absolute Gasteiger partial charge is 0.271 e. The third-order valence-corrected chi connectivity index (χ3v) is 4.24. The molecule has 0 saturated carbocycles. The van der Waals surface area contributed by atoms with Crippen LogP contribution in [0.3, 0.4) is 0 Å². The average molecular weight is 342 g/mol. The van der Waals surface area contributed by atoms with Crippen molar-refractivity contribution in [3.8, 4) is 5.75 Å². The Morgan fingerprint density at radius 2 is 1.92 bits per heavy atom. The van der Waals surface area contributed by atoms with Crippen molar-refractivity contribution in [2.45, 2.75) is 30.4 Å². The quantitative estimate of drug-likeness (QED) is 0.499. The molecular formula is C19H22N2O2S. The van der Waals surface area contributed by atoms with Crippen LogP contribution in [0.5, 0.6) is 5.75 Å². The number of nitrogens with one attached hydrogen (secondary N) is 1. The highest BCUT2D eigenvalue weighted by molar-refractivity contribution is 8.00. The molecule has 0 radical (unpaired) electrons. The standard InChI is InChI=1S/C19H22N2O2S/c1-19(2,3)24-17-11-6-5-8-15(17)13-20-21-18(22)14-9-7-10-16(12-14)23-4/h5-13H,1-4H3,(H,21,22). The van der Waals surface area contributed by atoms with Crippen molar-refractivity contribution in [3.05, 3.63) is 59.7 Å². The van der Waals surface area contributed by atoms with Crippen molar-refractivity contribution in [3.63, 3.8) is 0 Å². The molecule has 0 atom stereocenters. The third-order valence-electron chi connectivity index (χ3n) is 3.04. The van der Waals surface area contributed by atoms with Gasteiger partial charge in [0.25, 0.3) is 5.91 Å². The van der Waals surface area contributed by atoms with Crippen molar-refractivity contribution in [2.24, 2.45) is 5.10 Å². The van der Waals surface area contributed by atoms with Gasteiger partial charge >= 0.3 is 0 Å². The van der Waals surface area contributed by atoms with E-state index in [0.29, 0.717) is 11.3 Å². The van der Waals surface area contributed by atoms with Gasteiger partial charge in [-0.25, -0.2) is 5.43 Å². The van der Waals surface area contributed by atoms with Gasteiger partial charge in [-0.15, -0.1) is 11.8 Å². The minimum Gasteiger partial charge on any atom is -0.497 e. The predicted octanol–water partition coefficient (Wildman–Crippen LogP) is 4.35. The fourth-order valence-electron chi connectivity index (χ4n) is 2.00. The van der Waals surface area contributed by atoms with Gasteiger partial charge in [0.1, 0.15) is 5.75 Å². The molecule has 126 valence electrons. The lowest BCUT2D eigenvalue weighted by molar-refractivity contribution is 0.0955. The van der Waals surface area contributed by atoms with E-state index in [9.17, 15) is 4.79 Å². The van der Waals surface area contributed by atoms with Crippen molar-refractivity contribution >= 4 is 23.9 Å².